The average molecular weight is 268 g/mol. The number of ether oxygens (including phenoxy) is 1. The number of aromatic nitrogens is 1. The number of hydrogen-bond donors (Lipinski definition) is 0. The molecule has 0 aliphatic heterocycles. The van der Waals surface area contributed by atoms with Gasteiger partial charge in [-0.3, -0.25) is 0 Å². The van der Waals surface area contributed by atoms with Gasteiger partial charge in [0.1, 0.15) is 11.4 Å². The van der Waals surface area contributed by atoms with Gasteiger partial charge in [-0.25, -0.2) is 9.78 Å². The molecule has 0 saturated carbocycles. The maximum Gasteiger partial charge on any atom is 0.429 e. The summed E-state index contributed by atoms with van der Waals surface area (Å²) in [6.45, 7) is 2.02. The van der Waals surface area contributed by atoms with E-state index < -0.39 is 15.3 Å². The van der Waals surface area contributed by atoms with Crippen LogP contribution in [0.25, 0.3) is 0 Å². The van der Waals surface area contributed by atoms with Gasteiger partial charge in [0.05, 0.1) is 0 Å². The van der Waals surface area contributed by atoms with Gasteiger partial charge in [0.25, 0.3) is 0 Å². The zero-order valence-electron chi connectivity index (χ0n) is 10.9. The fourth-order valence-electron chi connectivity index (χ4n) is 1.51. The number of hydrogen-bond acceptors (Lipinski definition) is 5. The molecule has 0 aliphatic rings. The monoisotopic (exact) mass is 268 g/mol. The Bertz CT molecular complexity index is 356. The van der Waals surface area contributed by atoms with Crippen molar-refractivity contribution in [2.75, 3.05) is 14.2 Å². The van der Waals surface area contributed by atoms with Gasteiger partial charge in [0.15, 0.2) is 0 Å². The van der Waals surface area contributed by atoms with Crippen molar-refractivity contribution < 1.29 is 18.4 Å². The predicted octanol–water partition coefficient (Wildman–Crippen LogP) is 1.73. The van der Waals surface area contributed by atoms with Gasteiger partial charge >= 0.3 is 15.3 Å². The molecule has 0 bridgehead atoms. The van der Waals surface area contributed by atoms with E-state index in [4.69, 9.17) is 13.6 Å². The third kappa shape index (κ3) is 4.21. The van der Waals surface area contributed by atoms with E-state index in [1.54, 1.807) is 38.6 Å². The molecule has 0 spiro atoms. The highest BCUT2D eigenvalue weighted by Gasteiger charge is 2.30. The second-order valence-corrected chi connectivity index (χ2v) is 5.72. The van der Waals surface area contributed by atoms with Gasteiger partial charge in [-0.05, 0) is 18.6 Å². The van der Waals surface area contributed by atoms with Gasteiger partial charge < -0.3 is 13.6 Å². The van der Waals surface area contributed by atoms with Crippen molar-refractivity contribution in [2.45, 2.75) is 25.5 Å². The normalized spacial score (nSPS) is 12.4. The zero-order valence-corrected chi connectivity index (χ0v) is 11.9. The zero-order chi connectivity index (χ0) is 13.4. The molecule has 1 rings (SSSR count). The van der Waals surface area contributed by atoms with E-state index in [0.717, 1.165) is 6.42 Å². The van der Waals surface area contributed by atoms with Gasteiger partial charge in [-0.1, -0.05) is 19.4 Å². The summed E-state index contributed by atoms with van der Waals surface area (Å²) in [7, 11) is 1.53. The number of esters is 1. The number of rotatable bonds is 7. The summed E-state index contributed by atoms with van der Waals surface area (Å²) in [6, 6.07) is 5.12. The predicted molar refractivity (Wildman–Crippen MR) is 68.1 cm³/mol. The number of nitrogens with zero attached hydrogens (tertiary/aromatic N) is 1. The van der Waals surface area contributed by atoms with Crippen molar-refractivity contribution >= 4 is 15.3 Å². The Morgan fingerprint density at radius 1 is 1.39 bits per heavy atom. The van der Waals surface area contributed by atoms with Gasteiger partial charge in [-0.15, -0.1) is 0 Å². The van der Waals surface area contributed by atoms with Crippen molar-refractivity contribution in [1.29, 1.82) is 0 Å². The first-order valence-corrected chi connectivity index (χ1v) is 7.19. The fraction of sp³-hybridized carbons (Fsp3) is 0.500. The molecular weight excluding hydrogens is 250 g/mol. The lowest BCUT2D eigenvalue weighted by molar-refractivity contribution is 0.0340. The molecule has 1 unspecified atom stereocenters. The highest BCUT2D eigenvalue weighted by atomic mass is 28.3. The largest absolute Gasteiger partial charge is 0.456 e. The van der Waals surface area contributed by atoms with Crippen LogP contribution in [-0.4, -0.2) is 40.2 Å². The summed E-state index contributed by atoms with van der Waals surface area (Å²) >= 11 is 0. The molecule has 18 heavy (non-hydrogen) atoms. The molecule has 6 heteroatoms. The maximum atomic E-state index is 11.9. The first kappa shape index (κ1) is 14.8. The van der Waals surface area contributed by atoms with E-state index in [1.165, 1.54) is 0 Å². The third-order valence-electron chi connectivity index (χ3n) is 2.34. The lowest BCUT2D eigenvalue weighted by atomic mass is 10.3. The van der Waals surface area contributed by atoms with E-state index >= 15 is 0 Å². The SMILES string of the molecule is CCCC(OC(=O)c1ccccn1)[Si](OC)OC. The molecular formula is C12H18NO4Si. The third-order valence-corrected chi connectivity index (χ3v) is 4.08. The number of carbonyl (C=O) groups is 1. The first-order chi connectivity index (χ1) is 8.72. The van der Waals surface area contributed by atoms with Gasteiger partial charge in [0.2, 0.25) is 0 Å². The van der Waals surface area contributed by atoms with E-state index in [0.29, 0.717) is 12.1 Å². The lowest BCUT2D eigenvalue weighted by Gasteiger charge is -2.20. The molecule has 1 atom stereocenters. The smallest absolute Gasteiger partial charge is 0.429 e. The van der Waals surface area contributed by atoms with Crippen molar-refractivity contribution in [2.24, 2.45) is 0 Å². The van der Waals surface area contributed by atoms with Crippen molar-refractivity contribution in [1.82, 2.24) is 4.98 Å². The van der Waals surface area contributed by atoms with Gasteiger partial charge in [0, 0.05) is 20.4 Å². The molecule has 1 aromatic heterocycles. The minimum atomic E-state index is -1.60. The van der Waals surface area contributed by atoms with Crippen LogP contribution in [-0.2, 0) is 13.6 Å². The van der Waals surface area contributed by atoms with E-state index in [-0.39, 0.29) is 5.73 Å². The fourth-order valence-corrected chi connectivity index (χ4v) is 2.93. The molecule has 0 saturated heterocycles. The second-order valence-electron chi connectivity index (χ2n) is 3.62. The summed E-state index contributed by atoms with van der Waals surface area (Å²) in [5.41, 5.74) is -0.0309. The molecule has 0 aliphatic carbocycles. The van der Waals surface area contributed by atoms with E-state index in [1.807, 2.05) is 6.92 Å². The number of carbonyl (C=O) groups excluding carboxylic acids is 1. The lowest BCUT2D eigenvalue weighted by Crippen LogP contribution is -2.39. The van der Waals surface area contributed by atoms with Crippen LogP contribution in [0.3, 0.4) is 0 Å². The Kier molecular flexibility index (Phi) is 6.56. The highest BCUT2D eigenvalue weighted by molar-refractivity contribution is 6.46. The van der Waals surface area contributed by atoms with Crippen LogP contribution in [0, 0.1) is 0 Å². The van der Waals surface area contributed by atoms with E-state index in [2.05, 4.69) is 4.98 Å². The Morgan fingerprint density at radius 3 is 2.61 bits per heavy atom. The van der Waals surface area contributed by atoms with Crippen molar-refractivity contribution in [3.05, 3.63) is 30.1 Å². The molecule has 99 valence electrons. The quantitative estimate of drug-likeness (QED) is 0.557. The molecule has 0 N–H and O–H groups in total. The molecule has 0 amide bonds. The summed E-state index contributed by atoms with van der Waals surface area (Å²) in [6.07, 6.45) is 3.17. The first-order valence-electron chi connectivity index (χ1n) is 5.79. The Balaban J connectivity index is 2.68. The second kappa shape index (κ2) is 7.96. The van der Waals surface area contributed by atoms with Crippen molar-refractivity contribution in [3.8, 4) is 0 Å². The molecule has 1 radical (unpaired) electrons. The van der Waals surface area contributed by atoms with Gasteiger partial charge in [-0.2, -0.15) is 0 Å². The molecule has 0 aromatic carbocycles. The topological polar surface area (TPSA) is 57.7 Å². The van der Waals surface area contributed by atoms with Crippen LogP contribution in [0.4, 0.5) is 0 Å². The van der Waals surface area contributed by atoms with Crippen LogP contribution in [0.1, 0.15) is 30.3 Å². The Labute approximate surface area is 109 Å². The van der Waals surface area contributed by atoms with E-state index in [9.17, 15) is 4.79 Å². The summed E-state index contributed by atoms with van der Waals surface area (Å²) in [5.74, 6) is -0.439. The Hall–Kier alpha value is -1.24. The average Bonchev–Trinajstić information content (AvgIpc) is 2.41. The molecule has 0 fully saturated rings. The van der Waals surface area contributed by atoms with Crippen LogP contribution in [0.15, 0.2) is 24.4 Å². The Morgan fingerprint density at radius 2 is 2.11 bits per heavy atom. The minimum Gasteiger partial charge on any atom is -0.456 e. The molecule has 1 heterocycles. The number of pyridine rings is 1. The maximum absolute atomic E-state index is 11.9. The van der Waals surface area contributed by atoms with Crippen LogP contribution in [0.2, 0.25) is 0 Å². The summed E-state index contributed by atoms with van der Waals surface area (Å²) in [4.78, 5) is 15.8. The van der Waals surface area contributed by atoms with Crippen LogP contribution in [0.5, 0.6) is 0 Å². The minimum absolute atomic E-state index is 0.298. The highest BCUT2D eigenvalue weighted by Crippen LogP contribution is 2.10. The summed E-state index contributed by atoms with van der Waals surface area (Å²) < 4.78 is 15.9. The van der Waals surface area contributed by atoms with Crippen LogP contribution < -0.4 is 0 Å². The van der Waals surface area contributed by atoms with Crippen LogP contribution >= 0.6 is 0 Å². The molecule has 5 nitrogen and oxygen atoms in total. The summed E-state index contributed by atoms with van der Waals surface area (Å²) in [5, 5.41) is 0. The van der Waals surface area contributed by atoms with Crippen molar-refractivity contribution in [3.63, 3.8) is 0 Å². The molecule has 1 aromatic rings. The standard InChI is InChI=1S/C12H18NO4Si/c1-4-7-11(18(15-2)16-3)17-12(14)10-8-5-6-9-13-10/h5-6,8-9,11H,4,7H2,1-3H3.